The van der Waals surface area contributed by atoms with Crippen LogP contribution in [0.15, 0.2) is 53.4 Å². The molecule has 3 N–H and O–H groups in total. The molecular weight excluding hydrogens is 409 g/mol. The summed E-state index contributed by atoms with van der Waals surface area (Å²) < 4.78 is 39.0. The van der Waals surface area contributed by atoms with E-state index < -0.39 is 36.1 Å². The van der Waals surface area contributed by atoms with Crippen LogP contribution >= 0.6 is 11.8 Å². The Morgan fingerprint density at radius 3 is 2.48 bits per heavy atom. The molecule has 0 fully saturated rings. The molecule has 0 bridgehead atoms. The maximum Gasteiger partial charge on any atom is 0.416 e. The molecule has 1 aliphatic heterocycles. The number of carbonyl (C=O) groups excluding carboxylic acids is 3. The summed E-state index contributed by atoms with van der Waals surface area (Å²) in [4.78, 5) is 37.5. The third-order valence-electron chi connectivity index (χ3n) is 3.88. The number of hydrogen-bond donors (Lipinski definition) is 3. The van der Waals surface area contributed by atoms with E-state index in [2.05, 4.69) is 16.2 Å². The third-order valence-corrected chi connectivity index (χ3v) is 4.93. The van der Waals surface area contributed by atoms with Gasteiger partial charge in [0, 0.05) is 10.6 Å². The molecule has 11 heteroatoms. The normalized spacial score (nSPS) is 13.5. The lowest BCUT2D eigenvalue weighted by atomic mass is 10.1. The quantitative estimate of drug-likeness (QED) is 0.661. The first-order valence-corrected chi connectivity index (χ1v) is 9.28. The van der Waals surface area contributed by atoms with Crippen molar-refractivity contribution in [1.29, 1.82) is 0 Å². The number of carbonyl (C=O) groups is 3. The fourth-order valence-electron chi connectivity index (χ4n) is 2.55. The smallest absolute Gasteiger partial charge is 0.307 e. The summed E-state index contributed by atoms with van der Waals surface area (Å²) in [6.45, 7) is -0.542. The van der Waals surface area contributed by atoms with Gasteiger partial charge in [0.1, 0.15) is 6.54 Å². The number of amides is 4. The first kappa shape index (κ1) is 20.5. The van der Waals surface area contributed by atoms with E-state index in [1.54, 1.807) is 30.3 Å². The Morgan fingerprint density at radius 2 is 1.79 bits per heavy atom. The van der Waals surface area contributed by atoms with Crippen LogP contribution < -0.4 is 21.1 Å². The van der Waals surface area contributed by atoms with Gasteiger partial charge in [-0.3, -0.25) is 15.0 Å². The van der Waals surface area contributed by atoms with E-state index in [-0.39, 0.29) is 11.4 Å². The molecule has 29 heavy (non-hydrogen) atoms. The van der Waals surface area contributed by atoms with Crippen molar-refractivity contribution in [3.05, 3.63) is 54.1 Å². The zero-order chi connectivity index (χ0) is 21.0. The molecule has 0 unspecified atom stereocenters. The summed E-state index contributed by atoms with van der Waals surface area (Å²) in [5.41, 5.74) is 3.83. The zero-order valence-corrected chi connectivity index (χ0v) is 15.6. The SMILES string of the molecule is O=C(CN1C(=O)CSc2ccc(C(F)(F)F)cc21)NNC(=O)Nc1ccccc1. The number of nitrogens with zero attached hydrogens (tertiary/aromatic N) is 1. The molecule has 0 saturated heterocycles. The van der Waals surface area contributed by atoms with Gasteiger partial charge in [0.05, 0.1) is 17.0 Å². The van der Waals surface area contributed by atoms with Gasteiger partial charge in [-0.25, -0.2) is 10.2 Å². The van der Waals surface area contributed by atoms with Gasteiger partial charge in [0.25, 0.3) is 5.91 Å². The number of urea groups is 1. The van der Waals surface area contributed by atoms with Crippen molar-refractivity contribution >= 4 is 41.0 Å². The first-order valence-electron chi connectivity index (χ1n) is 8.29. The van der Waals surface area contributed by atoms with Gasteiger partial charge in [-0.05, 0) is 30.3 Å². The van der Waals surface area contributed by atoms with E-state index in [0.717, 1.165) is 28.8 Å². The summed E-state index contributed by atoms with van der Waals surface area (Å²) in [7, 11) is 0. The Hall–Kier alpha value is -3.21. The summed E-state index contributed by atoms with van der Waals surface area (Å²) in [6, 6.07) is 10.8. The molecule has 0 aromatic heterocycles. The van der Waals surface area contributed by atoms with E-state index >= 15 is 0 Å². The Morgan fingerprint density at radius 1 is 1.07 bits per heavy atom. The molecule has 7 nitrogen and oxygen atoms in total. The molecule has 2 aromatic carbocycles. The maximum absolute atomic E-state index is 13.0. The number of alkyl halides is 3. The number of thioether (sulfide) groups is 1. The number of para-hydroxylation sites is 1. The predicted octanol–water partition coefficient (Wildman–Crippen LogP) is 3.00. The largest absolute Gasteiger partial charge is 0.416 e. The molecular formula is C18H15F3N4O3S. The van der Waals surface area contributed by atoms with Crippen molar-refractivity contribution in [2.45, 2.75) is 11.1 Å². The zero-order valence-electron chi connectivity index (χ0n) is 14.7. The Balaban J connectivity index is 1.64. The van der Waals surface area contributed by atoms with Crippen LogP contribution in [0.2, 0.25) is 0 Å². The molecule has 0 aliphatic carbocycles. The number of hydrogen-bond acceptors (Lipinski definition) is 4. The van der Waals surface area contributed by atoms with Gasteiger partial charge in [-0.1, -0.05) is 18.2 Å². The predicted molar refractivity (Wildman–Crippen MR) is 101 cm³/mol. The molecule has 4 amide bonds. The van der Waals surface area contributed by atoms with E-state index in [1.807, 2.05) is 0 Å². The highest BCUT2D eigenvalue weighted by Gasteiger charge is 2.34. The Kier molecular flexibility index (Phi) is 5.97. The number of hydrazine groups is 1. The van der Waals surface area contributed by atoms with Crippen molar-refractivity contribution in [3.8, 4) is 0 Å². The van der Waals surface area contributed by atoms with Crippen LogP contribution in [0.4, 0.5) is 29.3 Å². The van der Waals surface area contributed by atoms with E-state index in [0.29, 0.717) is 10.6 Å². The van der Waals surface area contributed by atoms with Crippen molar-refractivity contribution < 1.29 is 27.6 Å². The van der Waals surface area contributed by atoms with Gasteiger partial charge in [0.15, 0.2) is 0 Å². The van der Waals surface area contributed by atoms with Crippen LogP contribution in [0.1, 0.15) is 5.56 Å². The number of fused-ring (bicyclic) bond motifs is 1. The van der Waals surface area contributed by atoms with Gasteiger partial charge < -0.3 is 10.2 Å². The minimum atomic E-state index is -4.58. The van der Waals surface area contributed by atoms with Crippen LogP contribution in [0, 0.1) is 0 Å². The lowest BCUT2D eigenvalue weighted by molar-refractivity contribution is -0.137. The minimum absolute atomic E-state index is 0.00459. The van der Waals surface area contributed by atoms with Gasteiger partial charge in [-0.15, -0.1) is 11.8 Å². The number of benzene rings is 2. The van der Waals surface area contributed by atoms with E-state index in [1.165, 1.54) is 6.07 Å². The molecule has 0 saturated carbocycles. The summed E-state index contributed by atoms with van der Waals surface area (Å²) in [6.07, 6.45) is -4.58. The topological polar surface area (TPSA) is 90.5 Å². The average molecular weight is 424 g/mol. The number of anilines is 2. The standard InChI is InChI=1S/C18H15F3N4O3S/c19-18(20,21)11-6-7-14-13(8-11)25(16(27)10-29-14)9-15(26)23-24-17(28)22-12-4-2-1-3-5-12/h1-8H,9-10H2,(H,23,26)(H2,22,24,28). The molecule has 2 aromatic rings. The monoisotopic (exact) mass is 424 g/mol. The summed E-state index contributed by atoms with van der Waals surface area (Å²) in [5.74, 6) is -1.28. The fraction of sp³-hybridized carbons (Fsp3) is 0.167. The maximum atomic E-state index is 13.0. The summed E-state index contributed by atoms with van der Waals surface area (Å²) in [5, 5.41) is 2.48. The lowest BCUT2D eigenvalue weighted by Crippen LogP contribution is -2.50. The molecule has 1 aliphatic rings. The molecule has 0 spiro atoms. The van der Waals surface area contributed by atoms with Gasteiger partial charge in [-0.2, -0.15) is 13.2 Å². The highest BCUT2D eigenvalue weighted by Crippen LogP contribution is 2.39. The van der Waals surface area contributed by atoms with E-state index in [9.17, 15) is 27.6 Å². The van der Waals surface area contributed by atoms with Crippen molar-refractivity contribution in [2.24, 2.45) is 0 Å². The second-order valence-electron chi connectivity index (χ2n) is 5.94. The van der Waals surface area contributed by atoms with Crippen molar-refractivity contribution in [3.63, 3.8) is 0 Å². The number of halogens is 3. The lowest BCUT2D eigenvalue weighted by Gasteiger charge is -2.29. The minimum Gasteiger partial charge on any atom is -0.307 e. The molecule has 0 radical (unpaired) electrons. The molecule has 0 atom stereocenters. The second kappa shape index (κ2) is 8.43. The van der Waals surface area contributed by atoms with Gasteiger partial charge >= 0.3 is 12.2 Å². The van der Waals surface area contributed by atoms with Crippen LogP contribution in [0.3, 0.4) is 0 Å². The third kappa shape index (κ3) is 5.19. The fourth-order valence-corrected chi connectivity index (χ4v) is 3.46. The van der Waals surface area contributed by atoms with Crippen molar-refractivity contribution in [1.82, 2.24) is 10.9 Å². The Labute approximate surface area is 167 Å². The van der Waals surface area contributed by atoms with Crippen molar-refractivity contribution in [2.75, 3.05) is 22.5 Å². The van der Waals surface area contributed by atoms with Crippen LogP contribution in [-0.2, 0) is 15.8 Å². The first-order chi connectivity index (χ1) is 13.7. The van der Waals surface area contributed by atoms with Gasteiger partial charge in [0.2, 0.25) is 5.91 Å². The van der Waals surface area contributed by atoms with Crippen LogP contribution in [0.25, 0.3) is 0 Å². The molecule has 152 valence electrons. The van der Waals surface area contributed by atoms with E-state index in [4.69, 9.17) is 0 Å². The molecule has 1 heterocycles. The summed E-state index contributed by atoms with van der Waals surface area (Å²) >= 11 is 1.10. The Bertz CT molecular complexity index is 938. The number of rotatable bonds is 3. The van der Waals surface area contributed by atoms with Crippen LogP contribution in [0.5, 0.6) is 0 Å². The second-order valence-corrected chi connectivity index (χ2v) is 6.96. The van der Waals surface area contributed by atoms with Crippen LogP contribution in [-0.4, -0.2) is 30.1 Å². The number of nitrogens with one attached hydrogen (secondary N) is 3. The average Bonchev–Trinajstić information content (AvgIpc) is 2.68. The highest BCUT2D eigenvalue weighted by atomic mass is 32.2. The molecule has 3 rings (SSSR count). The highest BCUT2D eigenvalue weighted by molar-refractivity contribution is 8.00.